The molecule has 16 heteroatoms. The van der Waals surface area contributed by atoms with E-state index in [1.807, 2.05) is 0 Å². The number of anilines is 2. The Labute approximate surface area is 272 Å². The summed E-state index contributed by atoms with van der Waals surface area (Å²) in [5.74, 6) is 6.00. The maximum Gasteiger partial charge on any atom is 0.410 e. The van der Waals surface area contributed by atoms with Crippen molar-refractivity contribution >= 4 is 48.2 Å². The highest BCUT2D eigenvalue weighted by molar-refractivity contribution is 7.93. The number of amides is 1. The third-order valence-electron chi connectivity index (χ3n) is 7.22. The van der Waals surface area contributed by atoms with E-state index in [1.54, 1.807) is 20.8 Å². The summed E-state index contributed by atoms with van der Waals surface area (Å²) in [6.07, 6.45) is -2.45. The summed E-state index contributed by atoms with van der Waals surface area (Å²) in [4.78, 5) is 14.0. The molecule has 47 heavy (non-hydrogen) atoms. The van der Waals surface area contributed by atoms with Crippen LogP contribution in [0.15, 0.2) is 47.5 Å². The number of hydrogen-bond donors (Lipinski definition) is 2. The number of ether oxygens (including phenoxy) is 2. The van der Waals surface area contributed by atoms with Crippen molar-refractivity contribution in [3.63, 3.8) is 0 Å². The van der Waals surface area contributed by atoms with Gasteiger partial charge < -0.3 is 24.3 Å². The van der Waals surface area contributed by atoms with Crippen molar-refractivity contribution in [2.45, 2.75) is 62.1 Å². The molecule has 0 saturated carbocycles. The van der Waals surface area contributed by atoms with E-state index >= 15 is 0 Å². The van der Waals surface area contributed by atoms with E-state index in [2.05, 4.69) is 21.9 Å². The fourth-order valence-electron chi connectivity index (χ4n) is 5.03. The Morgan fingerprint density at radius 1 is 1.02 bits per heavy atom. The highest BCUT2D eigenvalue weighted by Gasteiger charge is 2.34. The summed E-state index contributed by atoms with van der Waals surface area (Å²) in [6, 6.07) is 8.63. The fraction of sp³-hybridized carbons (Fsp3) is 0.452. The average molecular weight is 699 g/mol. The van der Waals surface area contributed by atoms with E-state index < -0.39 is 49.5 Å². The summed E-state index contributed by atoms with van der Waals surface area (Å²) < 4.78 is 105. The Balaban J connectivity index is 1.57. The largest absolute Gasteiger partial charge is 0.495 e. The molecule has 1 aliphatic heterocycles. The number of alkyl halides is 3. The van der Waals surface area contributed by atoms with Crippen LogP contribution in [0.1, 0.15) is 39.2 Å². The Morgan fingerprint density at radius 3 is 2.30 bits per heavy atom. The molecule has 1 fully saturated rings. The van der Waals surface area contributed by atoms with Crippen molar-refractivity contribution in [1.82, 2.24) is 9.47 Å². The summed E-state index contributed by atoms with van der Waals surface area (Å²) in [5.41, 5.74) is 0.247. The van der Waals surface area contributed by atoms with E-state index in [4.69, 9.17) is 9.47 Å². The van der Waals surface area contributed by atoms with Gasteiger partial charge in [0.1, 0.15) is 17.9 Å². The lowest BCUT2D eigenvalue weighted by atomic mass is 10.1. The summed E-state index contributed by atoms with van der Waals surface area (Å²) in [5, 5.41) is 2.43. The number of likely N-dealkylation sites (tertiary alicyclic amines) is 1. The molecule has 0 bridgehead atoms. The van der Waals surface area contributed by atoms with Gasteiger partial charge in [0.25, 0.3) is 0 Å². The van der Waals surface area contributed by atoms with Gasteiger partial charge in [0.2, 0.25) is 10.0 Å². The number of halogens is 3. The highest BCUT2D eigenvalue weighted by atomic mass is 32.2. The molecule has 2 aromatic carbocycles. The van der Waals surface area contributed by atoms with Gasteiger partial charge in [-0.25, -0.2) is 21.6 Å². The number of benzene rings is 2. The first-order valence-corrected chi connectivity index (χ1v) is 18.0. The van der Waals surface area contributed by atoms with Gasteiger partial charge in [0.15, 0.2) is 9.84 Å². The predicted molar refractivity (Wildman–Crippen MR) is 173 cm³/mol. The van der Waals surface area contributed by atoms with Crippen molar-refractivity contribution < 1.29 is 44.3 Å². The first-order chi connectivity index (χ1) is 21.8. The molecule has 0 atom stereocenters. The number of hydrogen-bond acceptors (Lipinski definition) is 8. The van der Waals surface area contributed by atoms with Gasteiger partial charge in [-0.05, 0) is 63.9 Å². The minimum atomic E-state index is -4.52. The minimum absolute atomic E-state index is 0.0491. The van der Waals surface area contributed by atoms with Crippen LogP contribution in [-0.2, 0) is 31.1 Å². The molecule has 1 saturated heterocycles. The lowest BCUT2D eigenvalue weighted by molar-refractivity contribution is -0.139. The van der Waals surface area contributed by atoms with E-state index in [0.29, 0.717) is 5.69 Å². The van der Waals surface area contributed by atoms with Crippen LogP contribution in [0.25, 0.3) is 10.9 Å². The van der Waals surface area contributed by atoms with Gasteiger partial charge in [0, 0.05) is 42.6 Å². The van der Waals surface area contributed by atoms with E-state index in [9.17, 15) is 34.8 Å². The first-order valence-electron chi connectivity index (χ1n) is 14.6. The number of carbonyl (C=O) groups is 1. The van der Waals surface area contributed by atoms with Crippen LogP contribution in [0.2, 0.25) is 0 Å². The molecule has 1 amide bonds. The fourth-order valence-corrected chi connectivity index (χ4v) is 7.14. The molecule has 1 aliphatic rings. The second kappa shape index (κ2) is 13.6. The third kappa shape index (κ3) is 9.48. The first kappa shape index (κ1) is 35.7. The molecule has 3 aromatic rings. The molecular formula is C31H37F3N4O7S2. The van der Waals surface area contributed by atoms with Crippen LogP contribution in [0, 0.1) is 11.8 Å². The summed E-state index contributed by atoms with van der Waals surface area (Å²) in [6.45, 7) is 4.31. The molecule has 256 valence electrons. The van der Waals surface area contributed by atoms with Crippen molar-refractivity contribution in [3.8, 4) is 17.6 Å². The molecule has 0 aliphatic carbocycles. The molecule has 0 spiro atoms. The van der Waals surface area contributed by atoms with E-state index in [0.717, 1.165) is 10.8 Å². The number of rotatable bonds is 8. The molecule has 0 radical (unpaired) electrons. The maximum atomic E-state index is 13.5. The molecule has 4 rings (SSSR count). The number of methoxy groups -OCH3 is 1. The number of fused-ring (bicyclic) bond motifs is 1. The highest BCUT2D eigenvalue weighted by Crippen LogP contribution is 2.32. The summed E-state index contributed by atoms with van der Waals surface area (Å²) in [7, 11) is -6.09. The van der Waals surface area contributed by atoms with Crippen LogP contribution in [0.4, 0.5) is 29.3 Å². The lowest BCUT2D eigenvalue weighted by Gasteiger charge is -2.33. The zero-order chi connectivity index (χ0) is 34.8. The van der Waals surface area contributed by atoms with E-state index in [-0.39, 0.29) is 65.3 Å². The molecular weight excluding hydrogens is 661 g/mol. The normalized spacial score (nSPS) is 14.8. The second-order valence-electron chi connectivity index (χ2n) is 12.1. The number of nitrogens with one attached hydrogen (secondary N) is 2. The van der Waals surface area contributed by atoms with Gasteiger partial charge >= 0.3 is 12.3 Å². The Morgan fingerprint density at radius 2 is 1.70 bits per heavy atom. The number of piperidine rings is 1. The molecule has 2 N–H and O–H groups in total. The quantitative estimate of drug-likeness (QED) is 0.306. The molecule has 11 nitrogen and oxygen atoms in total. The molecule has 1 aromatic heterocycles. The van der Waals surface area contributed by atoms with Gasteiger partial charge in [-0.3, -0.25) is 4.72 Å². The number of sulfone groups is 1. The van der Waals surface area contributed by atoms with Crippen LogP contribution >= 0.6 is 0 Å². The van der Waals surface area contributed by atoms with Crippen molar-refractivity contribution in [2.24, 2.45) is 0 Å². The van der Waals surface area contributed by atoms with E-state index in [1.165, 1.54) is 54.6 Å². The topological polar surface area (TPSA) is 136 Å². The van der Waals surface area contributed by atoms with Crippen molar-refractivity contribution in [3.05, 3.63) is 48.2 Å². The standard InChI is InChI=1S/C31H37F3N4O7S2/c1-30(2,3)45-29(39)37-14-10-22(11-15-37)47(42,43)36-26-17-21(18-27-24(26)12-16-38(27)20-31(32,33)34)7-6-13-35-25-9-8-23(46(5,40)41)19-28(25)44-4/h8-9,12,16-19,22,35-36H,10-11,13-15,20H2,1-5H3. The predicted octanol–water partition coefficient (Wildman–Crippen LogP) is 5.22. The van der Waals surface area contributed by atoms with Crippen LogP contribution < -0.4 is 14.8 Å². The lowest BCUT2D eigenvalue weighted by Crippen LogP contribution is -2.45. The average Bonchev–Trinajstić information content (AvgIpc) is 3.35. The Hall–Kier alpha value is -4.10. The van der Waals surface area contributed by atoms with Gasteiger partial charge in [0.05, 0.1) is 40.7 Å². The summed E-state index contributed by atoms with van der Waals surface area (Å²) >= 11 is 0. The molecule has 0 unspecified atom stereocenters. The smallest absolute Gasteiger partial charge is 0.410 e. The van der Waals surface area contributed by atoms with Crippen molar-refractivity contribution in [1.29, 1.82) is 0 Å². The van der Waals surface area contributed by atoms with Crippen LogP contribution in [0.5, 0.6) is 5.75 Å². The third-order valence-corrected chi connectivity index (χ3v) is 10.2. The van der Waals surface area contributed by atoms with Gasteiger partial charge in [-0.15, -0.1) is 0 Å². The zero-order valence-corrected chi connectivity index (χ0v) is 28.2. The Bertz CT molecular complexity index is 1920. The Kier molecular flexibility index (Phi) is 10.3. The number of sulfonamides is 1. The monoisotopic (exact) mass is 698 g/mol. The zero-order valence-electron chi connectivity index (χ0n) is 26.6. The SMILES string of the molecule is COc1cc(S(C)(=O)=O)ccc1NCC#Cc1cc(NS(=O)(=O)C2CCN(C(=O)OC(C)(C)C)CC2)c2ccn(CC(F)(F)F)c2c1. The maximum absolute atomic E-state index is 13.5. The van der Waals surface area contributed by atoms with Crippen molar-refractivity contribution in [2.75, 3.05) is 43.0 Å². The van der Waals surface area contributed by atoms with Crippen LogP contribution in [-0.4, -0.2) is 82.4 Å². The van der Waals surface area contributed by atoms with Gasteiger partial charge in [-0.2, -0.15) is 13.2 Å². The minimum Gasteiger partial charge on any atom is -0.495 e. The molecule has 2 heterocycles. The number of aromatic nitrogens is 1. The number of carbonyl (C=O) groups excluding carboxylic acids is 1. The van der Waals surface area contributed by atoms with Gasteiger partial charge in [-0.1, -0.05) is 11.8 Å². The van der Waals surface area contributed by atoms with Crippen LogP contribution in [0.3, 0.4) is 0 Å². The number of nitrogens with zero attached hydrogens (tertiary/aromatic N) is 2. The second-order valence-corrected chi connectivity index (χ2v) is 16.1.